The van der Waals surface area contributed by atoms with Crippen LogP contribution in [0.2, 0.25) is 5.02 Å². The summed E-state index contributed by atoms with van der Waals surface area (Å²) in [5.41, 5.74) is 4.91. The van der Waals surface area contributed by atoms with Gasteiger partial charge in [-0.15, -0.1) is 0 Å². The van der Waals surface area contributed by atoms with Crippen LogP contribution in [0.4, 0.5) is 4.39 Å². The number of halogens is 2. The number of hydrogen-bond acceptors (Lipinski definition) is 3. The molecule has 0 aliphatic rings. The van der Waals surface area contributed by atoms with Crippen molar-refractivity contribution in [3.05, 3.63) is 28.5 Å². The van der Waals surface area contributed by atoms with Crippen LogP contribution in [0, 0.1) is 5.82 Å². The van der Waals surface area contributed by atoms with Gasteiger partial charge in [0.15, 0.2) is 5.82 Å². The fraction of sp³-hybridized carbons (Fsp3) is 0.125. The first-order valence-electron chi connectivity index (χ1n) is 3.60. The molecule has 0 heterocycles. The van der Waals surface area contributed by atoms with Gasteiger partial charge in [0.25, 0.3) is 0 Å². The third-order valence-corrected chi connectivity index (χ3v) is 2.05. The molecule has 1 unspecified atom stereocenters. The summed E-state index contributed by atoms with van der Waals surface area (Å²) in [7, 11) is 0. The van der Waals surface area contributed by atoms with Crippen LogP contribution < -0.4 is 5.73 Å². The molecule has 0 spiro atoms. The van der Waals surface area contributed by atoms with Crippen molar-refractivity contribution in [1.82, 2.24) is 0 Å². The molecule has 0 amide bonds. The van der Waals surface area contributed by atoms with Crippen molar-refractivity contribution in [2.75, 3.05) is 0 Å². The van der Waals surface area contributed by atoms with Gasteiger partial charge in [0.2, 0.25) is 0 Å². The Morgan fingerprint density at radius 2 is 2.14 bits per heavy atom. The Kier molecular flexibility index (Phi) is 2.93. The Balaban J connectivity index is 3.24. The summed E-state index contributed by atoms with van der Waals surface area (Å²) in [5, 5.41) is 17.0. The second-order valence-electron chi connectivity index (χ2n) is 2.62. The Hall–Kier alpha value is -1.33. The minimum atomic E-state index is -1.49. The second kappa shape index (κ2) is 3.81. The van der Waals surface area contributed by atoms with E-state index in [0.717, 1.165) is 12.1 Å². The number of benzene rings is 1. The number of aliphatic carboxylic acids is 1. The van der Waals surface area contributed by atoms with E-state index in [1.165, 1.54) is 0 Å². The van der Waals surface area contributed by atoms with E-state index in [9.17, 15) is 9.18 Å². The van der Waals surface area contributed by atoms with Gasteiger partial charge in [-0.05, 0) is 6.07 Å². The van der Waals surface area contributed by atoms with E-state index in [1.54, 1.807) is 0 Å². The van der Waals surface area contributed by atoms with Crippen LogP contribution in [-0.2, 0) is 4.79 Å². The molecule has 1 aromatic rings. The van der Waals surface area contributed by atoms with Gasteiger partial charge in [-0.2, -0.15) is 0 Å². The van der Waals surface area contributed by atoms with Gasteiger partial charge in [0.05, 0.1) is 0 Å². The number of hydrogen-bond donors (Lipinski definition) is 3. The lowest BCUT2D eigenvalue weighted by Gasteiger charge is -2.09. The molecule has 0 saturated carbocycles. The summed E-state index contributed by atoms with van der Waals surface area (Å²) in [6, 6.07) is 0.673. The number of nitrogens with two attached hydrogens (primary N) is 1. The highest BCUT2D eigenvalue weighted by Gasteiger charge is 2.21. The summed E-state index contributed by atoms with van der Waals surface area (Å²) in [5.74, 6) is -2.84. The lowest BCUT2D eigenvalue weighted by Crippen LogP contribution is -2.21. The average Bonchev–Trinajstić information content (AvgIpc) is 2.13. The molecule has 14 heavy (non-hydrogen) atoms. The van der Waals surface area contributed by atoms with Crippen LogP contribution in [0.1, 0.15) is 11.6 Å². The minimum absolute atomic E-state index is 0.264. The van der Waals surface area contributed by atoms with Gasteiger partial charge >= 0.3 is 5.97 Å². The molecule has 0 saturated heterocycles. The fourth-order valence-corrected chi connectivity index (χ4v) is 1.10. The standard InChI is InChI=1S/C8H7ClFNO3/c9-5-4(12)2-1-3(6(5)10)7(11)8(13)14/h1-2,7,12H,11H2,(H,13,14). The predicted molar refractivity (Wildman–Crippen MR) is 47.6 cm³/mol. The van der Waals surface area contributed by atoms with E-state index >= 15 is 0 Å². The number of phenols is 1. The largest absolute Gasteiger partial charge is 0.506 e. The number of phenolic OH excluding ortho intramolecular Hbond substituents is 1. The van der Waals surface area contributed by atoms with E-state index < -0.39 is 28.6 Å². The monoisotopic (exact) mass is 219 g/mol. The van der Waals surface area contributed by atoms with E-state index in [2.05, 4.69) is 0 Å². The number of aromatic hydroxyl groups is 1. The first-order valence-corrected chi connectivity index (χ1v) is 3.98. The Morgan fingerprint density at radius 1 is 1.57 bits per heavy atom. The molecule has 0 aromatic heterocycles. The molecule has 0 bridgehead atoms. The molecule has 1 atom stereocenters. The molecule has 6 heteroatoms. The molecule has 0 fully saturated rings. The predicted octanol–water partition coefficient (Wildman–Crippen LogP) is 1.27. The van der Waals surface area contributed by atoms with Crippen LogP contribution in [0.3, 0.4) is 0 Å². The van der Waals surface area contributed by atoms with Crippen LogP contribution in [0.25, 0.3) is 0 Å². The summed E-state index contributed by atoms with van der Waals surface area (Å²) >= 11 is 5.36. The molecular formula is C8H7ClFNO3. The molecule has 0 aliphatic heterocycles. The zero-order chi connectivity index (χ0) is 10.9. The summed E-state index contributed by atoms with van der Waals surface area (Å²) in [6.07, 6.45) is 0. The summed E-state index contributed by atoms with van der Waals surface area (Å²) < 4.78 is 13.2. The number of carbonyl (C=O) groups is 1. The van der Waals surface area contributed by atoms with Crippen LogP contribution in [0.5, 0.6) is 5.75 Å². The first-order chi connectivity index (χ1) is 6.45. The average molecular weight is 220 g/mol. The van der Waals surface area contributed by atoms with Crippen LogP contribution in [0.15, 0.2) is 12.1 Å². The number of carboxylic acid groups (broad SMARTS) is 1. The van der Waals surface area contributed by atoms with Gasteiger partial charge in [-0.25, -0.2) is 4.39 Å². The topological polar surface area (TPSA) is 83.6 Å². The van der Waals surface area contributed by atoms with Crippen molar-refractivity contribution in [3.63, 3.8) is 0 Å². The quantitative estimate of drug-likeness (QED) is 0.699. The Labute approximate surface area is 83.7 Å². The van der Waals surface area contributed by atoms with E-state index in [0.29, 0.717) is 0 Å². The minimum Gasteiger partial charge on any atom is -0.506 e. The van der Waals surface area contributed by atoms with Crippen molar-refractivity contribution < 1.29 is 19.4 Å². The number of carboxylic acids is 1. The second-order valence-corrected chi connectivity index (χ2v) is 3.00. The van der Waals surface area contributed by atoms with Crippen molar-refractivity contribution in [2.45, 2.75) is 6.04 Å². The first kappa shape index (κ1) is 10.7. The van der Waals surface area contributed by atoms with Crippen LogP contribution in [-0.4, -0.2) is 16.2 Å². The normalized spacial score (nSPS) is 12.5. The van der Waals surface area contributed by atoms with Gasteiger partial charge in [0.1, 0.15) is 16.8 Å². The highest BCUT2D eigenvalue weighted by Crippen LogP contribution is 2.30. The van der Waals surface area contributed by atoms with Crippen molar-refractivity contribution in [1.29, 1.82) is 0 Å². The van der Waals surface area contributed by atoms with E-state index in [4.69, 9.17) is 27.5 Å². The van der Waals surface area contributed by atoms with Gasteiger partial charge in [-0.1, -0.05) is 17.7 Å². The lowest BCUT2D eigenvalue weighted by atomic mass is 10.1. The van der Waals surface area contributed by atoms with Crippen molar-refractivity contribution in [2.24, 2.45) is 5.73 Å². The van der Waals surface area contributed by atoms with Crippen LogP contribution >= 0.6 is 11.6 Å². The maximum absolute atomic E-state index is 13.2. The maximum atomic E-state index is 13.2. The molecule has 76 valence electrons. The molecule has 4 nitrogen and oxygen atoms in total. The molecule has 0 radical (unpaired) electrons. The summed E-state index contributed by atoms with van der Waals surface area (Å²) in [4.78, 5) is 10.5. The van der Waals surface area contributed by atoms with Crippen molar-refractivity contribution in [3.8, 4) is 5.75 Å². The molecule has 4 N–H and O–H groups in total. The van der Waals surface area contributed by atoms with Gasteiger partial charge < -0.3 is 15.9 Å². The number of rotatable bonds is 2. The van der Waals surface area contributed by atoms with E-state index in [-0.39, 0.29) is 5.56 Å². The molecule has 0 aliphatic carbocycles. The highest BCUT2D eigenvalue weighted by atomic mass is 35.5. The van der Waals surface area contributed by atoms with Crippen molar-refractivity contribution >= 4 is 17.6 Å². The molecular weight excluding hydrogens is 213 g/mol. The highest BCUT2D eigenvalue weighted by molar-refractivity contribution is 6.32. The fourth-order valence-electron chi connectivity index (χ4n) is 0.927. The van der Waals surface area contributed by atoms with Gasteiger partial charge in [-0.3, -0.25) is 4.79 Å². The molecule has 1 rings (SSSR count). The Morgan fingerprint density at radius 3 is 2.64 bits per heavy atom. The smallest absolute Gasteiger partial charge is 0.325 e. The Bertz CT molecular complexity index is 383. The zero-order valence-corrected chi connectivity index (χ0v) is 7.62. The summed E-state index contributed by atoms with van der Waals surface area (Å²) in [6.45, 7) is 0. The zero-order valence-electron chi connectivity index (χ0n) is 6.87. The molecule has 1 aromatic carbocycles. The van der Waals surface area contributed by atoms with E-state index in [1.807, 2.05) is 0 Å². The third-order valence-electron chi connectivity index (χ3n) is 1.69. The maximum Gasteiger partial charge on any atom is 0.325 e. The SMILES string of the molecule is NC(C(=O)O)c1ccc(O)c(Cl)c1F. The van der Waals surface area contributed by atoms with Gasteiger partial charge in [0, 0.05) is 5.56 Å². The third kappa shape index (κ3) is 1.78. The lowest BCUT2D eigenvalue weighted by molar-refractivity contribution is -0.138.